The summed E-state index contributed by atoms with van der Waals surface area (Å²) < 4.78 is 12.5. The van der Waals surface area contributed by atoms with Crippen molar-refractivity contribution in [2.24, 2.45) is 0 Å². The van der Waals surface area contributed by atoms with E-state index in [9.17, 15) is 9.59 Å². The average Bonchev–Trinajstić information content (AvgIpc) is 2.85. The van der Waals surface area contributed by atoms with Gasteiger partial charge in [-0.1, -0.05) is 41.1 Å². The van der Waals surface area contributed by atoms with Crippen LogP contribution in [0.15, 0.2) is 47.3 Å². The highest BCUT2D eigenvalue weighted by Gasteiger charge is 2.16. The van der Waals surface area contributed by atoms with Crippen LogP contribution in [0.3, 0.4) is 0 Å². The molecule has 23 heavy (non-hydrogen) atoms. The minimum atomic E-state index is -0.573. The number of halogens is 1. The molecule has 0 atom stereocenters. The van der Waals surface area contributed by atoms with Gasteiger partial charge in [0, 0.05) is 0 Å². The highest BCUT2D eigenvalue weighted by atomic mass is 35.5. The minimum Gasteiger partial charge on any atom is -0.493 e. The number of para-hydroxylation sites is 3. The number of carbonyl (C=O) groups excluding carboxylic acids is 1. The third-order valence-corrected chi connectivity index (χ3v) is 4.47. The number of aromatic nitrogens is 1. The first kappa shape index (κ1) is 15.6. The van der Waals surface area contributed by atoms with E-state index in [1.54, 1.807) is 42.5 Å². The van der Waals surface area contributed by atoms with E-state index in [4.69, 9.17) is 21.1 Å². The molecule has 2 aromatic carbocycles. The quantitative estimate of drug-likeness (QED) is 0.535. The fourth-order valence-corrected chi connectivity index (χ4v) is 3.46. The molecule has 0 aliphatic rings. The monoisotopic (exact) mass is 349 g/mol. The van der Waals surface area contributed by atoms with Gasteiger partial charge in [0.25, 0.3) is 0 Å². The Balaban J connectivity index is 1.89. The lowest BCUT2D eigenvalue weighted by molar-refractivity contribution is -0.135. The van der Waals surface area contributed by atoms with E-state index >= 15 is 0 Å². The van der Waals surface area contributed by atoms with Crippen molar-refractivity contribution < 1.29 is 14.3 Å². The second kappa shape index (κ2) is 6.44. The number of carbonyl (C=O) groups is 1. The SMILES string of the molecule is COc1ccccc1OC(=O)Cn1c(=O)sc2cccc(Cl)c21. The predicted molar refractivity (Wildman–Crippen MR) is 89.7 cm³/mol. The van der Waals surface area contributed by atoms with E-state index < -0.39 is 5.97 Å². The molecule has 0 bridgehead atoms. The molecule has 0 N–H and O–H groups in total. The first-order chi connectivity index (χ1) is 11.1. The van der Waals surface area contributed by atoms with Gasteiger partial charge in [-0.3, -0.25) is 9.36 Å². The summed E-state index contributed by atoms with van der Waals surface area (Å²) in [6.45, 7) is -0.222. The number of ether oxygens (including phenoxy) is 2. The smallest absolute Gasteiger partial charge is 0.331 e. The molecule has 0 spiro atoms. The average molecular weight is 350 g/mol. The maximum Gasteiger partial charge on any atom is 0.331 e. The molecule has 0 amide bonds. The molecule has 1 aromatic heterocycles. The van der Waals surface area contributed by atoms with Crippen LogP contribution in [-0.4, -0.2) is 17.6 Å². The molecule has 118 valence electrons. The van der Waals surface area contributed by atoms with Crippen LogP contribution in [0.25, 0.3) is 10.2 Å². The third kappa shape index (κ3) is 3.09. The Bertz CT molecular complexity index is 931. The Labute approximate surface area is 140 Å². The van der Waals surface area contributed by atoms with Gasteiger partial charge < -0.3 is 9.47 Å². The lowest BCUT2D eigenvalue weighted by Crippen LogP contribution is -2.23. The van der Waals surface area contributed by atoms with Crippen LogP contribution in [0.2, 0.25) is 5.02 Å². The summed E-state index contributed by atoms with van der Waals surface area (Å²) >= 11 is 7.18. The van der Waals surface area contributed by atoms with Gasteiger partial charge >= 0.3 is 10.8 Å². The number of hydrogen-bond donors (Lipinski definition) is 0. The predicted octanol–water partition coefficient (Wildman–Crippen LogP) is 3.33. The number of methoxy groups -OCH3 is 1. The molecule has 0 radical (unpaired) electrons. The van der Waals surface area contributed by atoms with Crippen LogP contribution < -0.4 is 14.3 Å². The summed E-state index contributed by atoms with van der Waals surface area (Å²) in [6, 6.07) is 12.0. The second-order valence-electron chi connectivity index (χ2n) is 4.67. The number of hydrogen-bond acceptors (Lipinski definition) is 5. The number of thiazole rings is 1. The summed E-state index contributed by atoms with van der Waals surface area (Å²) in [7, 11) is 1.49. The zero-order valence-electron chi connectivity index (χ0n) is 12.1. The highest BCUT2D eigenvalue weighted by Crippen LogP contribution is 2.27. The summed E-state index contributed by atoms with van der Waals surface area (Å²) in [4.78, 5) is 24.0. The normalized spacial score (nSPS) is 10.7. The van der Waals surface area contributed by atoms with E-state index in [1.165, 1.54) is 11.7 Å². The van der Waals surface area contributed by atoms with Crippen molar-refractivity contribution in [3.8, 4) is 11.5 Å². The van der Waals surface area contributed by atoms with E-state index in [0.29, 0.717) is 22.0 Å². The van der Waals surface area contributed by atoms with Crippen LogP contribution in [0.1, 0.15) is 0 Å². The van der Waals surface area contributed by atoms with Crippen LogP contribution in [0.4, 0.5) is 0 Å². The Kier molecular flexibility index (Phi) is 4.36. The van der Waals surface area contributed by atoms with Gasteiger partial charge in [-0.15, -0.1) is 0 Å². The molecule has 0 aliphatic heterocycles. The van der Waals surface area contributed by atoms with Crippen molar-refractivity contribution >= 4 is 39.1 Å². The molecule has 0 fully saturated rings. The number of rotatable bonds is 4. The molecule has 0 aliphatic carbocycles. The number of nitrogens with zero attached hydrogens (tertiary/aromatic N) is 1. The Morgan fingerprint density at radius 3 is 2.65 bits per heavy atom. The van der Waals surface area contributed by atoms with Crippen LogP contribution in [0.5, 0.6) is 11.5 Å². The van der Waals surface area contributed by atoms with Gasteiger partial charge in [0.1, 0.15) is 6.54 Å². The number of esters is 1. The van der Waals surface area contributed by atoms with E-state index in [2.05, 4.69) is 0 Å². The van der Waals surface area contributed by atoms with E-state index in [0.717, 1.165) is 16.0 Å². The Morgan fingerprint density at radius 2 is 1.91 bits per heavy atom. The van der Waals surface area contributed by atoms with Crippen LogP contribution in [-0.2, 0) is 11.3 Å². The second-order valence-corrected chi connectivity index (χ2v) is 6.07. The highest BCUT2D eigenvalue weighted by molar-refractivity contribution is 7.16. The van der Waals surface area contributed by atoms with Gasteiger partial charge in [0.15, 0.2) is 11.5 Å². The lowest BCUT2D eigenvalue weighted by atomic mass is 10.3. The Morgan fingerprint density at radius 1 is 1.17 bits per heavy atom. The first-order valence-corrected chi connectivity index (χ1v) is 7.91. The van der Waals surface area contributed by atoms with Crippen LogP contribution in [0, 0.1) is 0 Å². The topological polar surface area (TPSA) is 57.5 Å². The summed E-state index contributed by atoms with van der Waals surface area (Å²) in [6.07, 6.45) is 0. The third-order valence-electron chi connectivity index (χ3n) is 3.22. The van der Waals surface area contributed by atoms with Gasteiger partial charge in [-0.05, 0) is 24.3 Å². The van der Waals surface area contributed by atoms with E-state index in [1.807, 2.05) is 0 Å². The zero-order chi connectivity index (χ0) is 16.4. The molecule has 0 saturated carbocycles. The molecule has 7 heteroatoms. The maximum absolute atomic E-state index is 12.2. The summed E-state index contributed by atoms with van der Waals surface area (Å²) in [5.74, 6) is 0.177. The molecule has 5 nitrogen and oxygen atoms in total. The van der Waals surface area contributed by atoms with Crippen LogP contribution >= 0.6 is 22.9 Å². The molecular weight excluding hydrogens is 338 g/mol. The summed E-state index contributed by atoms with van der Waals surface area (Å²) in [5, 5.41) is 0.422. The van der Waals surface area contributed by atoms with Crippen molar-refractivity contribution in [1.29, 1.82) is 0 Å². The maximum atomic E-state index is 12.2. The molecule has 0 saturated heterocycles. The summed E-state index contributed by atoms with van der Waals surface area (Å²) in [5.41, 5.74) is 0.543. The van der Waals surface area contributed by atoms with Crippen molar-refractivity contribution in [3.63, 3.8) is 0 Å². The van der Waals surface area contributed by atoms with E-state index in [-0.39, 0.29) is 11.4 Å². The molecule has 0 unspecified atom stereocenters. The fraction of sp³-hybridized carbons (Fsp3) is 0.125. The molecule has 3 aromatic rings. The standard InChI is InChI=1S/C16H12ClNO4S/c1-21-11-6-2-3-7-12(11)22-14(19)9-18-15-10(17)5-4-8-13(15)23-16(18)20/h2-8H,9H2,1H3. The van der Waals surface area contributed by atoms with Crippen molar-refractivity contribution in [3.05, 3.63) is 57.2 Å². The van der Waals surface area contributed by atoms with Gasteiger partial charge in [0.2, 0.25) is 0 Å². The zero-order valence-corrected chi connectivity index (χ0v) is 13.7. The van der Waals surface area contributed by atoms with Crippen molar-refractivity contribution in [1.82, 2.24) is 4.57 Å². The largest absolute Gasteiger partial charge is 0.493 e. The Hall–Kier alpha value is -2.31. The van der Waals surface area contributed by atoms with Crippen molar-refractivity contribution in [2.45, 2.75) is 6.54 Å². The minimum absolute atomic E-state index is 0.222. The van der Waals surface area contributed by atoms with Gasteiger partial charge in [-0.25, -0.2) is 4.79 Å². The number of fused-ring (bicyclic) bond motifs is 1. The fourth-order valence-electron chi connectivity index (χ4n) is 2.21. The van der Waals surface area contributed by atoms with Crippen molar-refractivity contribution in [2.75, 3.05) is 7.11 Å². The first-order valence-electron chi connectivity index (χ1n) is 6.71. The molecular formula is C16H12ClNO4S. The van der Waals surface area contributed by atoms with Gasteiger partial charge in [-0.2, -0.15) is 0 Å². The lowest BCUT2D eigenvalue weighted by Gasteiger charge is -2.09. The molecule has 3 rings (SSSR count). The number of benzene rings is 2. The molecule has 1 heterocycles. The van der Waals surface area contributed by atoms with Gasteiger partial charge in [0.05, 0.1) is 22.3 Å².